The lowest BCUT2D eigenvalue weighted by Crippen LogP contribution is -2.64. The fourth-order valence-corrected chi connectivity index (χ4v) is 2.44. The van der Waals surface area contributed by atoms with Crippen molar-refractivity contribution in [2.75, 3.05) is 0 Å². The predicted molar refractivity (Wildman–Crippen MR) is 63.0 cm³/mol. The van der Waals surface area contributed by atoms with Crippen molar-refractivity contribution in [1.29, 1.82) is 0 Å². The Hall–Kier alpha value is -1.65. The van der Waals surface area contributed by atoms with Crippen LogP contribution in [0.2, 0.25) is 0 Å². The van der Waals surface area contributed by atoms with E-state index in [1.807, 2.05) is 6.92 Å². The van der Waals surface area contributed by atoms with Gasteiger partial charge >= 0.3 is 6.03 Å². The molecule has 0 atom stereocenters. The van der Waals surface area contributed by atoms with E-state index in [0.717, 1.165) is 5.57 Å². The van der Waals surface area contributed by atoms with Gasteiger partial charge in [-0.05, 0) is 24.8 Å². The predicted octanol–water partition coefficient (Wildman–Crippen LogP) is 1.35. The van der Waals surface area contributed by atoms with Crippen molar-refractivity contribution in [3.05, 3.63) is 11.6 Å². The summed E-state index contributed by atoms with van der Waals surface area (Å²) in [6.07, 6.45) is 2.36. The van der Waals surface area contributed by atoms with Crippen LogP contribution < -0.4 is 10.6 Å². The topological polar surface area (TPSA) is 75.3 Å². The third-order valence-corrected chi connectivity index (χ3v) is 3.27. The van der Waals surface area contributed by atoms with Crippen molar-refractivity contribution in [3.63, 3.8) is 0 Å². The number of hydrogen-bond acceptors (Lipinski definition) is 3. The minimum atomic E-state index is -1.27. The minimum Gasteiger partial charge on any atom is -0.277 e. The van der Waals surface area contributed by atoms with Gasteiger partial charge in [0, 0.05) is 0 Å². The Morgan fingerprint density at radius 1 is 1.24 bits per heavy atom. The second-order valence-corrected chi connectivity index (χ2v) is 4.37. The van der Waals surface area contributed by atoms with Crippen LogP contribution in [0.5, 0.6) is 0 Å². The van der Waals surface area contributed by atoms with Gasteiger partial charge < -0.3 is 0 Å². The first-order valence-corrected chi connectivity index (χ1v) is 5.73. The van der Waals surface area contributed by atoms with Crippen molar-refractivity contribution in [3.8, 4) is 0 Å². The van der Waals surface area contributed by atoms with Gasteiger partial charge in [0.25, 0.3) is 0 Å². The molecule has 1 aliphatic heterocycles. The smallest absolute Gasteiger partial charge is 0.277 e. The molecule has 5 heteroatoms. The first kappa shape index (κ1) is 13.4. The monoisotopic (exact) mass is 238 g/mol. The molecule has 0 spiro atoms. The van der Waals surface area contributed by atoms with Gasteiger partial charge in [0.05, 0.1) is 0 Å². The number of carbonyl (C=O) groups excluding carboxylic acids is 3. The molecule has 0 aromatic rings. The van der Waals surface area contributed by atoms with Crippen molar-refractivity contribution in [2.24, 2.45) is 11.3 Å². The SMILES string of the molecule is C/C=C(/CC)C1(C(C)C)C(=O)NC(=O)NC1=O. The number of urea groups is 1. The zero-order chi connectivity index (χ0) is 13.2. The normalized spacial score (nSPS) is 20.3. The van der Waals surface area contributed by atoms with E-state index in [0.29, 0.717) is 6.42 Å². The fraction of sp³-hybridized carbons (Fsp3) is 0.583. The summed E-state index contributed by atoms with van der Waals surface area (Å²) >= 11 is 0. The molecule has 0 aromatic heterocycles. The second kappa shape index (κ2) is 4.69. The first-order chi connectivity index (χ1) is 7.91. The Kier molecular flexibility index (Phi) is 3.70. The van der Waals surface area contributed by atoms with Crippen LogP contribution in [0, 0.1) is 11.3 Å². The van der Waals surface area contributed by atoms with Gasteiger partial charge in [0.2, 0.25) is 11.8 Å². The van der Waals surface area contributed by atoms with E-state index in [9.17, 15) is 14.4 Å². The van der Waals surface area contributed by atoms with Gasteiger partial charge in [-0.25, -0.2) is 4.79 Å². The Morgan fingerprint density at radius 3 is 2.00 bits per heavy atom. The van der Waals surface area contributed by atoms with Crippen LogP contribution in [0.4, 0.5) is 4.79 Å². The number of amides is 4. The van der Waals surface area contributed by atoms with E-state index in [4.69, 9.17) is 0 Å². The van der Waals surface area contributed by atoms with Crippen LogP contribution in [-0.4, -0.2) is 17.8 Å². The second-order valence-electron chi connectivity index (χ2n) is 4.37. The number of nitrogens with one attached hydrogen (secondary N) is 2. The fourth-order valence-electron chi connectivity index (χ4n) is 2.44. The molecular formula is C12H18N2O3. The van der Waals surface area contributed by atoms with E-state index in [1.54, 1.807) is 26.8 Å². The van der Waals surface area contributed by atoms with Crippen molar-refractivity contribution < 1.29 is 14.4 Å². The Bertz CT molecular complexity index is 377. The highest BCUT2D eigenvalue weighted by Gasteiger charge is 2.54. The summed E-state index contributed by atoms with van der Waals surface area (Å²) in [6.45, 7) is 7.28. The van der Waals surface area contributed by atoms with Crippen LogP contribution >= 0.6 is 0 Å². The molecule has 0 radical (unpaired) electrons. The average molecular weight is 238 g/mol. The van der Waals surface area contributed by atoms with E-state index in [2.05, 4.69) is 10.6 Å². The summed E-state index contributed by atoms with van der Waals surface area (Å²) in [5.41, 5.74) is -0.535. The molecule has 94 valence electrons. The lowest BCUT2D eigenvalue weighted by atomic mass is 9.68. The summed E-state index contributed by atoms with van der Waals surface area (Å²) in [5.74, 6) is -1.28. The zero-order valence-electron chi connectivity index (χ0n) is 10.6. The molecular weight excluding hydrogens is 220 g/mol. The maximum atomic E-state index is 12.1. The van der Waals surface area contributed by atoms with Gasteiger partial charge in [-0.3, -0.25) is 20.2 Å². The number of carbonyl (C=O) groups is 3. The average Bonchev–Trinajstić information content (AvgIpc) is 2.22. The maximum Gasteiger partial charge on any atom is 0.328 e. The quantitative estimate of drug-likeness (QED) is 0.575. The molecule has 0 saturated carbocycles. The molecule has 0 unspecified atom stereocenters. The van der Waals surface area contributed by atoms with Crippen molar-refractivity contribution in [2.45, 2.75) is 34.1 Å². The highest BCUT2D eigenvalue weighted by Crippen LogP contribution is 2.39. The van der Waals surface area contributed by atoms with Crippen LogP contribution in [0.3, 0.4) is 0 Å². The molecule has 1 fully saturated rings. The van der Waals surface area contributed by atoms with E-state index >= 15 is 0 Å². The highest BCUT2D eigenvalue weighted by atomic mass is 16.2. The molecule has 1 saturated heterocycles. The van der Waals surface area contributed by atoms with E-state index in [-0.39, 0.29) is 5.92 Å². The van der Waals surface area contributed by atoms with Gasteiger partial charge in [0.1, 0.15) is 0 Å². The maximum absolute atomic E-state index is 12.1. The molecule has 2 N–H and O–H groups in total. The molecule has 17 heavy (non-hydrogen) atoms. The summed E-state index contributed by atoms with van der Waals surface area (Å²) in [7, 11) is 0. The van der Waals surface area contributed by atoms with Gasteiger partial charge in [-0.1, -0.05) is 26.8 Å². The number of allylic oxidation sites excluding steroid dienone is 1. The molecule has 4 amide bonds. The third kappa shape index (κ3) is 1.85. The number of rotatable bonds is 3. The molecule has 0 aliphatic carbocycles. The number of imide groups is 2. The summed E-state index contributed by atoms with van der Waals surface area (Å²) in [4.78, 5) is 35.3. The zero-order valence-corrected chi connectivity index (χ0v) is 10.6. The lowest BCUT2D eigenvalue weighted by molar-refractivity contribution is -0.144. The van der Waals surface area contributed by atoms with Gasteiger partial charge in [-0.2, -0.15) is 0 Å². The first-order valence-electron chi connectivity index (χ1n) is 5.73. The van der Waals surface area contributed by atoms with Crippen LogP contribution in [0.1, 0.15) is 34.1 Å². The minimum absolute atomic E-state index is 0.221. The van der Waals surface area contributed by atoms with Crippen LogP contribution in [-0.2, 0) is 9.59 Å². The molecule has 1 heterocycles. The molecule has 1 aliphatic rings. The van der Waals surface area contributed by atoms with E-state index in [1.165, 1.54) is 0 Å². The Labute approximate surface area is 101 Å². The van der Waals surface area contributed by atoms with E-state index < -0.39 is 23.3 Å². The summed E-state index contributed by atoms with van der Waals surface area (Å²) < 4.78 is 0. The number of barbiturate groups is 1. The summed E-state index contributed by atoms with van der Waals surface area (Å²) in [6, 6.07) is -0.747. The Morgan fingerprint density at radius 2 is 1.71 bits per heavy atom. The number of hydrogen-bond donors (Lipinski definition) is 2. The largest absolute Gasteiger partial charge is 0.328 e. The molecule has 0 bridgehead atoms. The standard InChI is InChI=1S/C12H18N2O3/c1-5-8(6-2)12(7(3)4)9(15)13-11(17)14-10(12)16/h5,7H,6H2,1-4H3,(H2,13,14,15,16,17)/b8-5-. The van der Waals surface area contributed by atoms with Gasteiger partial charge in [-0.15, -0.1) is 0 Å². The van der Waals surface area contributed by atoms with Crippen LogP contribution in [0.25, 0.3) is 0 Å². The molecule has 0 aromatic carbocycles. The Balaban J connectivity index is 3.37. The van der Waals surface area contributed by atoms with Crippen molar-refractivity contribution >= 4 is 17.8 Å². The van der Waals surface area contributed by atoms with Crippen LogP contribution in [0.15, 0.2) is 11.6 Å². The molecule has 5 nitrogen and oxygen atoms in total. The third-order valence-electron chi connectivity index (χ3n) is 3.27. The molecule has 1 rings (SSSR count). The highest BCUT2D eigenvalue weighted by molar-refractivity contribution is 6.21. The van der Waals surface area contributed by atoms with Crippen molar-refractivity contribution in [1.82, 2.24) is 10.6 Å². The lowest BCUT2D eigenvalue weighted by Gasteiger charge is -2.38. The summed E-state index contributed by atoms with van der Waals surface area (Å²) in [5, 5.41) is 4.36. The van der Waals surface area contributed by atoms with Gasteiger partial charge in [0.15, 0.2) is 5.41 Å².